The summed E-state index contributed by atoms with van der Waals surface area (Å²) < 4.78 is 96.2. The number of phenols is 2. The number of hydrogen-bond donors (Lipinski definition) is 5. The van der Waals surface area contributed by atoms with E-state index in [1.54, 1.807) is 0 Å². The minimum atomic E-state index is -5.04. The molecule has 0 saturated heterocycles. The van der Waals surface area contributed by atoms with E-state index in [-0.39, 0.29) is 10.8 Å². The molecule has 13 nitrogen and oxygen atoms in total. The van der Waals surface area contributed by atoms with E-state index in [0.29, 0.717) is 0 Å². The van der Waals surface area contributed by atoms with Crippen molar-refractivity contribution in [3.8, 4) is 11.5 Å². The van der Waals surface area contributed by atoms with Crippen LogP contribution in [0.3, 0.4) is 0 Å². The van der Waals surface area contributed by atoms with Gasteiger partial charge >= 0.3 is 0 Å². The number of benzene rings is 3. The summed E-state index contributed by atoms with van der Waals surface area (Å²) in [6.07, 6.45) is 0. The van der Waals surface area contributed by atoms with Crippen LogP contribution in [-0.2, 0) is 30.4 Å². The molecule has 0 aromatic heterocycles. The summed E-state index contributed by atoms with van der Waals surface area (Å²) in [5.41, 5.74) is -1.10. The smallest absolute Gasteiger partial charge is 0.298 e. The van der Waals surface area contributed by atoms with Crippen molar-refractivity contribution in [2.45, 2.75) is 14.7 Å². The van der Waals surface area contributed by atoms with Crippen molar-refractivity contribution in [1.29, 1.82) is 0 Å². The molecule has 0 unspecified atom stereocenters. The fourth-order valence-electron chi connectivity index (χ4n) is 2.64. The Morgan fingerprint density at radius 1 is 0.656 bits per heavy atom. The SMILES string of the molecule is O=S(=O)(O)c1ccc(O)c(/N=N/c2c(O)c(S(=O)(=O)O)cc3cc(S(=O)(=O)O)ccc23)c1. The van der Waals surface area contributed by atoms with Crippen LogP contribution >= 0.6 is 0 Å². The van der Waals surface area contributed by atoms with E-state index < -0.39 is 67.9 Å². The Morgan fingerprint density at radius 2 is 1.22 bits per heavy atom. The number of fused-ring (bicyclic) bond motifs is 1. The first-order chi connectivity index (χ1) is 14.6. The summed E-state index contributed by atoms with van der Waals surface area (Å²) in [6, 6.07) is 6.01. The van der Waals surface area contributed by atoms with Gasteiger partial charge in [0.05, 0.1) is 9.79 Å². The summed E-state index contributed by atoms with van der Waals surface area (Å²) >= 11 is 0. The molecule has 170 valence electrons. The standard InChI is InChI=1S/C16H12N2O11S3/c19-13-4-2-10(31(24,25)26)7-12(13)17-18-15-11-3-1-9(30(21,22)23)5-8(11)6-14(16(15)20)32(27,28)29/h1-7,19-20H,(H,21,22,23)(H,24,25,26)(H,27,28,29)/b18-17+. The highest BCUT2D eigenvalue weighted by molar-refractivity contribution is 7.86. The summed E-state index contributed by atoms with van der Waals surface area (Å²) in [4.78, 5) is -2.34. The molecule has 0 amide bonds. The number of aromatic hydroxyl groups is 2. The molecule has 16 heteroatoms. The zero-order chi connectivity index (χ0) is 24.1. The van der Waals surface area contributed by atoms with Gasteiger partial charge in [0.25, 0.3) is 30.4 Å². The highest BCUT2D eigenvalue weighted by Crippen LogP contribution is 2.42. The second-order valence-electron chi connectivity index (χ2n) is 6.23. The third-order valence-electron chi connectivity index (χ3n) is 4.10. The summed E-state index contributed by atoms with van der Waals surface area (Å²) in [5.74, 6) is -1.68. The van der Waals surface area contributed by atoms with Gasteiger partial charge in [-0.15, -0.1) is 10.2 Å². The Labute approximate surface area is 180 Å². The molecule has 0 saturated carbocycles. The minimum absolute atomic E-state index is 0.0866. The van der Waals surface area contributed by atoms with E-state index in [1.165, 1.54) is 0 Å². The molecule has 3 aromatic rings. The van der Waals surface area contributed by atoms with Crippen molar-refractivity contribution in [3.63, 3.8) is 0 Å². The van der Waals surface area contributed by atoms with Gasteiger partial charge in [0.1, 0.15) is 22.0 Å². The van der Waals surface area contributed by atoms with Crippen LogP contribution in [0.1, 0.15) is 0 Å². The molecule has 5 N–H and O–H groups in total. The molecule has 0 radical (unpaired) electrons. The van der Waals surface area contributed by atoms with E-state index in [1.807, 2.05) is 0 Å². The van der Waals surface area contributed by atoms with E-state index in [0.717, 1.165) is 42.5 Å². The van der Waals surface area contributed by atoms with Gasteiger partial charge < -0.3 is 10.2 Å². The highest BCUT2D eigenvalue weighted by Gasteiger charge is 2.23. The Kier molecular flexibility index (Phi) is 5.71. The van der Waals surface area contributed by atoms with Crippen LogP contribution in [0.5, 0.6) is 11.5 Å². The molecule has 0 fully saturated rings. The molecule has 0 atom stereocenters. The largest absolute Gasteiger partial charge is 0.506 e. The molecule has 0 aliphatic carbocycles. The molecule has 0 aliphatic heterocycles. The molecule has 0 heterocycles. The maximum absolute atomic E-state index is 11.6. The summed E-state index contributed by atoms with van der Waals surface area (Å²) in [7, 11) is -14.4. The maximum Gasteiger partial charge on any atom is 0.298 e. The van der Waals surface area contributed by atoms with Crippen molar-refractivity contribution in [2.75, 3.05) is 0 Å². The maximum atomic E-state index is 11.6. The van der Waals surface area contributed by atoms with E-state index in [2.05, 4.69) is 10.2 Å². The lowest BCUT2D eigenvalue weighted by molar-refractivity contribution is 0.444. The van der Waals surface area contributed by atoms with Crippen LogP contribution in [0.25, 0.3) is 10.8 Å². The van der Waals surface area contributed by atoms with Crippen LogP contribution in [0.15, 0.2) is 67.4 Å². The van der Waals surface area contributed by atoms with Gasteiger partial charge in [0.2, 0.25) is 0 Å². The van der Waals surface area contributed by atoms with Gasteiger partial charge in [-0.2, -0.15) is 25.3 Å². The molecular formula is C16H12N2O11S3. The van der Waals surface area contributed by atoms with Gasteiger partial charge in [0, 0.05) is 5.39 Å². The third kappa shape index (κ3) is 4.69. The fraction of sp³-hybridized carbons (Fsp3) is 0. The second-order valence-corrected chi connectivity index (χ2v) is 10.5. The molecule has 0 spiro atoms. The van der Waals surface area contributed by atoms with Crippen LogP contribution in [-0.4, -0.2) is 49.1 Å². The van der Waals surface area contributed by atoms with Crippen LogP contribution in [0.2, 0.25) is 0 Å². The molecule has 32 heavy (non-hydrogen) atoms. The zero-order valence-electron chi connectivity index (χ0n) is 15.3. The molecule has 0 aliphatic rings. The van der Waals surface area contributed by atoms with Crippen molar-refractivity contribution in [1.82, 2.24) is 0 Å². The average Bonchev–Trinajstić information content (AvgIpc) is 2.65. The Bertz CT molecular complexity index is 1610. The Balaban J connectivity index is 2.32. The van der Waals surface area contributed by atoms with Gasteiger partial charge in [-0.1, -0.05) is 6.07 Å². The quantitative estimate of drug-likeness (QED) is 0.250. The lowest BCUT2D eigenvalue weighted by Crippen LogP contribution is -2.00. The molecule has 0 bridgehead atoms. The molecule has 3 rings (SSSR count). The number of hydrogen-bond acceptors (Lipinski definition) is 10. The zero-order valence-corrected chi connectivity index (χ0v) is 17.8. The number of phenolic OH excluding ortho intramolecular Hbond substituents is 2. The first-order valence-corrected chi connectivity index (χ1v) is 12.4. The topological polar surface area (TPSA) is 228 Å². The monoisotopic (exact) mass is 504 g/mol. The number of nitrogens with zero attached hydrogens (tertiary/aromatic N) is 2. The van der Waals surface area contributed by atoms with Gasteiger partial charge in [-0.3, -0.25) is 13.7 Å². The lowest BCUT2D eigenvalue weighted by atomic mass is 10.1. The Morgan fingerprint density at radius 3 is 1.78 bits per heavy atom. The van der Waals surface area contributed by atoms with Crippen molar-refractivity contribution >= 4 is 52.5 Å². The molecular weight excluding hydrogens is 492 g/mol. The van der Waals surface area contributed by atoms with Crippen LogP contribution < -0.4 is 0 Å². The van der Waals surface area contributed by atoms with Crippen molar-refractivity contribution in [2.24, 2.45) is 10.2 Å². The fourth-order valence-corrected chi connectivity index (χ4v) is 4.27. The van der Waals surface area contributed by atoms with E-state index in [9.17, 15) is 44.6 Å². The Hall–Kier alpha value is -3.15. The van der Waals surface area contributed by atoms with Gasteiger partial charge in [-0.05, 0) is 41.8 Å². The van der Waals surface area contributed by atoms with E-state index >= 15 is 0 Å². The van der Waals surface area contributed by atoms with E-state index in [4.69, 9.17) is 4.55 Å². The highest BCUT2D eigenvalue weighted by atomic mass is 32.2. The third-order valence-corrected chi connectivity index (χ3v) is 6.67. The number of rotatable bonds is 5. The van der Waals surface area contributed by atoms with Gasteiger partial charge in [0.15, 0.2) is 5.75 Å². The van der Waals surface area contributed by atoms with Crippen LogP contribution in [0, 0.1) is 0 Å². The van der Waals surface area contributed by atoms with Crippen molar-refractivity contribution in [3.05, 3.63) is 42.5 Å². The predicted octanol–water partition coefficient (Wildman–Crippen LogP) is 2.41. The first kappa shape index (κ1) is 23.5. The normalized spacial score (nSPS) is 13.1. The van der Waals surface area contributed by atoms with Crippen molar-refractivity contribution < 1.29 is 49.1 Å². The lowest BCUT2D eigenvalue weighted by Gasteiger charge is -2.09. The summed E-state index contributed by atoms with van der Waals surface area (Å²) in [5, 5.41) is 27.0. The summed E-state index contributed by atoms with van der Waals surface area (Å²) in [6.45, 7) is 0. The average molecular weight is 504 g/mol. The van der Waals surface area contributed by atoms with Crippen LogP contribution in [0.4, 0.5) is 11.4 Å². The molecule has 3 aromatic carbocycles. The minimum Gasteiger partial charge on any atom is -0.506 e. The predicted molar refractivity (Wildman–Crippen MR) is 107 cm³/mol. The number of azo groups is 1. The second kappa shape index (κ2) is 7.76. The first-order valence-electron chi connectivity index (χ1n) is 8.06. The van der Waals surface area contributed by atoms with Gasteiger partial charge in [-0.25, -0.2) is 0 Å².